The van der Waals surface area contributed by atoms with E-state index in [1.165, 1.54) is 17.0 Å². The highest BCUT2D eigenvalue weighted by molar-refractivity contribution is 6.33. The topological polar surface area (TPSA) is 69.3 Å². The van der Waals surface area contributed by atoms with Crippen LogP contribution in [0.3, 0.4) is 0 Å². The Balaban J connectivity index is 1.79. The Kier molecular flexibility index (Phi) is 6.61. The molecule has 0 fully saturated rings. The van der Waals surface area contributed by atoms with E-state index in [1.54, 1.807) is 25.2 Å². The summed E-state index contributed by atoms with van der Waals surface area (Å²) in [4.78, 5) is 35.6. The van der Waals surface area contributed by atoms with Crippen LogP contribution in [0, 0.1) is 5.82 Å². The minimum atomic E-state index is -0.488. The largest absolute Gasteiger partial charge is 0.313 e. The van der Waals surface area contributed by atoms with Gasteiger partial charge in [-0.15, -0.1) is 0 Å². The number of aromatic amines is 1. The van der Waals surface area contributed by atoms with Crippen molar-refractivity contribution in [3.8, 4) is 0 Å². The van der Waals surface area contributed by atoms with Gasteiger partial charge in [0.05, 0.1) is 34.7 Å². The van der Waals surface area contributed by atoms with Gasteiger partial charge in [-0.1, -0.05) is 30.7 Å². The maximum absolute atomic E-state index is 13.4. The second-order valence-electron chi connectivity index (χ2n) is 6.79. The number of nitrogens with one attached hydrogen (secondary N) is 1. The van der Waals surface area contributed by atoms with Crippen LogP contribution in [0.2, 0.25) is 5.02 Å². The van der Waals surface area contributed by atoms with Crippen molar-refractivity contribution < 1.29 is 9.18 Å². The number of carbonyl (C=O) groups excluding carboxylic acids is 1. The fourth-order valence-electron chi connectivity index (χ4n) is 3.13. The number of likely N-dealkylation sites (N-methyl/N-ethyl adjacent to an activating group) is 1. The van der Waals surface area contributed by atoms with E-state index < -0.39 is 11.4 Å². The van der Waals surface area contributed by atoms with Gasteiger partial charge in [0.15, 0.2) is 0 Å². The van der Waals surface area contributed by atoms with Gasteiger partial charge in [0.1, 0.15) is 11.6 Å². The molecule has 0 radical (unpaired) electrons. The van der Waals surface area contributed by atoms with E-state index in [-0.39, 0.29) is 17.8 Å². The van der Waals surface area contributed by atoms with E-state index in [0.29, 0.717) is 35.1 Å². The minimum absolute atomic E-state index is 0.128. The molecule has 0 bridgehead atoms. The van der Waals surface area contributed by atoms with Crippen LogP contribution in [-0.4, -0.2) is 40.9 Å². The smallest absolute Gasteiger partial charge is 0.258 e. The standard InChI is InChI=1S/C21H22ClFN4O2/c1-3-10-27(13-20(28)26(2)18-7-5-4-6-16(18)22)12-19-24-17-9-8-14(23)11-15(17)21(29)25-19/h4-9,11H,3,10,12-13H2,1-2H3,(H,24,25,29). The lowest BCUT2D eigenvalue weighted by Crippen LogP contribution is -2.39. The maximum Gasteiger partial charge on any atom is 0.258 e. The fraction of sp³-hybridized carbons (Fsp3) is 0.286. The second kappa shape index (κ2) is 9.15. The van der Waals surface area contributed by atoms with Crippen LogP contribution in [0.5, 0.6) is 0 Å². The molecular weight excluding hydrogens is 395 g/mol. The number of rotatable bonds is 7. The van der Waals surface area contributed by atoms with Crippen LogP contribution in [0.1, 0.15) is 19.2 Å². The molecule has 0 atom stereocenters. The third-order valence-electron chi connectivity index (χ3n) is 4.58. The highest BCUT2D eigenvalue weighted by atomic mass is 35.5. The molecule has 1 aromatic heterocycles. The number of halogens is 2. The van der Waals surface area contributed by atoms with Crippen molar-refractivity contribution in [2.24, 2.45) is 0 Å². The summed E-state index contributed by atoms with van der Waals surface area (Å²) in [5, 5.41) is 0.698. The number of para-hydroxylation sites is 1. The van der Waals surface area contributed by atoms with Crippen molar-refractivity contribution in [2.45, 2.75) is 19.9 Å². The molecule has 152 valence electrons. The molecule has 6 nitrogen and oxygen atoms in total. The lowest BCUT2D eigenvalue weighted by atomic mass is 10.2. The molecule has 0 aliphatic carbocycles. The van der Waals surface area contributed by atoms with E-state index in [2.05, 4.69) is 9.97 Å². The molecule has 1 N–H and O–H groups in total. The quantitative estimate of drug-likeness (QED) is 0.639. The predicted octanol–water partition coefficient (Wildman–Crippen LogP) is 3.59. The predicted molar refractivity (Wildman–Crippen MR) is 113 cm³/mol. The first kappa shape index (κ1) is 21.0. The Morgan fingerprint density at radius 2 is 2.00 bits per heavy atom. The van der Waals surface area contributed by atoms with Gasteiger partial charge in [-0.25, -0.2) is 9.37 Å². The average molecular weight is 417 g/mol. The maximum atomic E-state index is 13.4. The Morgan fingerprint density at radius 3 is 2.72 bits per heavy atom. The number of benzene rings is 2. The summed E-state index contributed by atoms with van der Waals surface area (Å²) in [6, 6.07) is 11.1. The summed E-state index contributed by atoms with van der Waals surface area (Å²) in [6.07, 6.45) is 0.826. The van der Waals surface area contributed by atoms with Crippen molar-refractivity contribution in [3.05, 3.63) is 69.5 Å². The summed E-state index contributed by atoms with van der Waals surface area (Å²) < 4.78 is 13.4. The van der Waals surface area contributed by atoms with E-state index >= 15 is 0 Å². The average Bonchev–Trinajstić information content (AvgIpc) is 2.68. The van der Waals surface area contributed by atoms with E-state index in [1.807, 2.05) is 17.9 Å². The van der Waals surface area contributed by atoms with E-state index in [9.17, 15) is 14.0 Å². The lowest BCUT2D eigenvalue weighted by Gasteiger charge is -2.25. The van der Waals surface area contributed by atoms with Crippen molar-refractivity contribution in [3.63, 3.8) is 0 Å². The Hall–Kier alpha value is -2.77. The molecule has 2 aromatic carbocycles. The molecule has 3 rings (SSSR count). The molecule has 8 heteroatoms. The van der Waals surface area contributed by atoms with Crippen LogP contribution in [-0.2, 0) is 11.3 Å². The van der Waals surface area contributed by atoms with E-state index in [4.69, 9.17) is 11.6 Å². The molecule has 0 aliphatic rings. The molecule has 0 aliphatic heterocycles. The monoisotopic (exact) mass is 416 g/mol. The third kappa shape index (κ3) is 4.99. The van der Waals surface area contributed by atoms with Gasteiger partial charge in [0.25, 0.3) is 5.56 Å². The zero-order valence-electron chi connectivity index (χ0n) is 16.3. The van der Waals surface area contributed by atoms with Crippen LogP contribution >= 0.6 is 11.6 Å². The van der Waals surface area contributed by atoms with Gasteiger partial charge in [-0.05, 0) is 43.3 Å². The number of fused-ring (bicyclic) bond motifs is 1. The lowest BCUT2D eigenvalue weighted by molar-refractivity contribution is -0.119. The van der Waals surface area contributed by atoms with Gasteiger partial charge < -0.3 is 9.88 Å². The van der Waals surface area contributed by atoms with Crippen LogP contribution in [0.15, 0.2) is 47.3 Å². The number of nitrogens with zero attached hydrogens (tertiary/aromatic N) is 3. The van der Waals surface area contributed by atoms with E-state index in [0.717, 1.165) is 12.5 Å². The van der Waals surface area contributed by atoms with Crippen molar-refractivity contribution in [1.29, 1.82) is 0 Å². The van der Waals surface area contributed by atoms with Crippen LogP contribution < -0.4 is 10.5 Å². The molecule has 0 saturated carbocycles. The first-order valence-electron chi connectivity index (χ1n) is 9.31. The van der Waals surface area contributed by atoms with Crippen LogP contribution in [0.25, 0.3) is 10.9 Å². The number of anilines is 1. The first-order valence-corrected chi connectivity index (χ1v) is 9.68. The van der Waals surface area contributed by atoms with Gasteiger partial charge in [-0.2, -0.15) is 0 Å². The first-order chi connectivity index (χ1) is 13.9. The van der Waals surface area contributed by atoms with Gasteiger partial charge in [0.2, 0.25) is 5.91 Å². The molecule has 0 unspecified atom stereocenters. The highest BCUT2D eigenvalue weighted by Gasteiger charge is 2.18. The Morgan fingerprint density at radius 1 is 1.24 bits per heavy atom. The molecule has 0 saturated heterocycles. The SMILES string of the molecule is CCCN(CC(=O)N(C)c1ccccc1Cl)Cc1nc2ccc(F)cc2c(=O)[nH]1. The normalized spacial score (nSPS) is 11.2. The summed E-state index contributed by atoms with van der Waals surface area (Å²) in [6.45, 7) is 3.08. The van der Waals surface area contributed by atoms with Gasteiger partial charge in [-0.3, -0.25) is 14.5 Å². The molecule has 1 amide bonds. The van der Waals surface area contributed by atoms with Crippen molar-refractivity contribution in [2.75, 3.05) is 25.0 Å². The zero-order valence-corrected chi connectivity index (χ0v) is 17.0. The van der Waals surface area contributed by atoms with Gasteiger partial charge >= 0.3 is 0 Å². The molecule has 29 heavy (non-hydrogen) atoms. The Bertz CT molecular complexity index is 1090. The Labute approximate surface area is 172 Å². The number of H-pyrrole nitrogens is 1. The summed E-state index contributed by atoms with van der Waals surface area (Å²) in [5.41, 5.74) is 0.649. The van der Waals surface area contributed by atoms with Crippen molar-refractivity contribution >= 4 is 34.1 Å². The van der Waals surface area contributed by atoms with Gasteiger partial charge in [0, 0.05) is 7.05 Å². The highest BCUT2D eigenvalue weighted by Crippen LogP contribution is 2.24. The molecule has 1 heterocycles. The number of hydrogen-bond acceptors (Lipinski definition) is 4. The summed E-state index contributed by atoms with van der Waals surface area (Å²) >= 11 is 6.19. The number of hydrogen-bond donors (Lipinski definition) is 1. The van der Waals surface area contributed by atoms with Crippen molar-refractivity contribution in [1.82, 2.24) is 14.9 Å². The second-order valence-corrected chi connectivity index (χ2v) is 7.20. The summed E-state index contributed by atoms with van der Waals surface area (Å²) in [7, 11) is 1.68. The number of aromatic nitrogens is 2. The molecular formula is C21H22ClFN4O2. The fourth-order valence-corrected chi connectivity index (χ4v) is 3.39. The molecule has 3 aromatic rings. The summed E-state index contributed by atoms with van der Waals surface area (Å²) in [5.74, 6) is -0.189. The van der Waals surface area contributed by atoms with Crippen LogP contribution in [0.4, 0.5) is 10.1 Å². The molecule has 0 spiro atoms. The number of carbonyl (C=O) groups is 1. The zero-order chi connectivity index (χ0) is 21.0. The number of amides is 1. The third-order valence-corrected chi connectivity index (χ3v) is 4.90. The minimum Gasteiger partial charge on any atom is -0.313 e.